The second kappa shape index (κ2) is 5.44. The Morgan fingerprint density at radius 1 is 1.17 bits per heavy atom. The molecule has 1 saturated heterocycles. The number of aromatic nitrogens is 2. The lowest BCUT2D eigenvalue weighted by Gasteiger charge is -2.24. The summed E-state index contributed by atoms with van der Waals surface area (Å²) in [5.74, 6) is -0.0709. The Morgan fingerprint density at radius 3 is 2.71 bits per heavy atom. The zero-order valence-electron chi connectivity index (χ0n) is 13.7. The van der Waals surface area contributed by atoms with E-state index in [1.165, 1.54) is 5.56 Å². The highest BCUT2D eigenvalue weighted by Gasteiger charge is 2.31. The van der Waals surface area contributed by atoms with E-state index in [4.69, 9.17) is 0 Å². The van der Waals surface area contributed by atoms with Crippen LogP contribution in [0.3, 0.4) is 0 Å². The number of hydrogen-bond acceptors (Lipinski definition) is 3. The van der Waals surface area contributed by atoms with Gasteiger partial charge in [-0.1, -0.05) is 26.0 Å². The minimum atomic E-state index is -0.380. The van der Waals surface area contributed by atoms with E-state index in [0.29, 0.717) is 18.8 Å². The fourth-order valence-electron chi connectivity index (χ4n) is 3.68. The lowest BCUT2D eigenvalue weighted by molar-refractivity contribution is -0.135. The summed E-state index contributed by atoms with van der Waals surface area (Å²) < 4.78 is 2.05. The van der Waals surface area contributed by atoms with Crippen LogP contribution >= 0.6 is 0 Å². The van der Waals surface area contributed by atoms with Crippen molar-refractivity contribution in [3.8, 4) is 0 Å². The van der Waals surface area contributed by atoms with Gasteiger partial charge in [-0.15, -0.1) is 0 Å². The van der Waals surface area contributed by atoms with E-state index < -0.39 is 0 Å². The third-order valence-corrected chi connectivity index (χ3v) is 4.76. The molecule has 1 atom stereocenters. The number of carbonyl (C=O) groups is 2. The molecule has 122 valence electrons. The number of fused-ring (bicyclic) bond motifs is 3. The number of rotatable bonds is 2. The molecule has 5 nitrogen and oxygen atoms in total. The molecular weight excluding hydrogens is 302 g/mol. The Bertz CT molecular complexity index is 971. The minimum Gasteiger partial charge on any atom is -0.326 e. The molecule has 1 aromatic carbocycles. The van der Waals surface area contributed by atoms with E-state index in [0.717, 1.165) is 21.9 Å². The molecule has 0 radical (unpaired) electrons. The van der Waals surface area contributed by atoms with Gasteiger partial charge in [-0.05, 0) is 36.1 Å². The van der Waals surface area contributed by atoms with Crippen LogP contribution in [0.2, 0.25) is 0 Å². The zero-order valence-corrected chi connectivity index (χ0v) is 13.7. The van der Waals surface area contributed by atoms with Gasteiger partial charge in [0.05, 0.1) is 16.6 Å². The SMILES string of the molecule is CC(C)c1cccc2c1c1ncccc1n2C1CCC(=O)NC1=O. The monoisotopic (exact) mass is 321 g/mol. The molecule has 0 saturated carbocycles. The Hall–Kier alpha value is -2.69. The normalized spacial score (nSPS) is 18.5. The molecule has 24 heavy (non-hydrogen) atoms. The molecule has 5 heteroatoms. The number of pyridine rings is 1. The van der Waals surface area contributed by atoms with Crippen molar-refractivity contribution in [2.45, 2.75) is 38.6 Å². The van der Waals surface area contributed by atoms with Gasteiger partial charge in [0.1, 0.15) is 6.04 Å². The van der Waals surface area contributed by atoms with Crippen LogP contribution in [0.15, 0.2) is 36.5 Å². The second-order valence-corrected chi connectivity index (χ2v) is 6.60. The molecule has 1 aliphatic rings. The van der Waals surface area contributed by atoms with Crippen molar-refractivity contribution in [1.82, 2.24) is 14.9 Å². The minimum absolute atomic E-state index is 0.196. The van der Waals surface area contributed by atoms with E-state index in [-0.39, 0.29) is 17.9 Å². The molecule has 2 amide bonds. The number of imide groups is 1. The molecule has 1 unspecified atom stereocenters. The van der Waals surface area contributed by atoms with E-state index in [1.807, 2.05) is 28.8 Å². The smallest absolute Gasteiger partial charge is 0.249 e. The first kappa shape index (κ1) is 14.9. The van der Waals surface area contributed by atoms with Crippen molar-refractivity contribution in [1.29, 1.82) is 0 Å². The van der Waals surface area contributed by atoms with Crippen LogP contribution in [-0.2, 0) is 9.59 Å². The van der Waals surface area contributed by atoms with Gasteiger partial charge in [-0.3, -0.25) is 19.9 Å². The Morgan fingerprint density at radius 2 is 1.96 bits per heavy atom. The predicted molar refractivity (Wildman–Crippen MR) is 92.7 cm³/mol. The first-order valence-corrected chi connectivity index (χ1v) is 8.29. The number of piperidine rings is 1. The predicted octanol–water partition coefficient (Wildman–Crippen LogP) is 3.29. The van der Waals surface area contributed by atoms with Gasteiger partial charge < -0.3 is 4.57 Å². The summed E-state index contributed by atoms with van der Waals surface area (Å²) in [7, 11) is 0. The molecule has 1 N–H and O–H groups in total. The first-order valence-electron chi connectivity index (χ1n) is 8.29. The van der Waals surface area contributed by atoms with Gasteiger partial charge >= 0.3 is 0 Å². The van der Waals surface area contributed by atoms with Crippen molar-refractivity contribution in [2.24, 2.45) is 0 Å². The van der Waals surface area contributed by atoms with Crippen molar-refractivity contribution in [3.63, 3.8) is 0 Å². The van der Waals surface area contributed by atoms with Crippen LogP contribution in [0.25, 0.3) is 21.9 Å². The van der Waals surface area contributed by atoms with Crippen LogP contribution in [0.4, 0.5) is 0 Å². The fourth-order valence-corrected chi connectivity index (χ4v) is 3.68. The molecule has 0 aliphatic carbocycles. The third kappa shape index (κ3) is 2.12. The van der Waals surface area contributed by atoms with Crippen molar-refractivity contribution in [2.75, 3.05) is 0 Å². The van der Waals surface area contributed by atoms with Crippen LogP contribution in [0, 0.1) is 0 Å². The number of nitrogens with zero attached hydrogens (tertiary/aromatic N) is 2. The Labute approximate surface area is 139 Å². The molecule has 3 heterocycles. The van der Waals surface area contributed by atoms with Gasteiger partial charge in [-0.2, -0.15) is 0 Å². The molecule has 1 fully saturated rings. The maximum absolute atomic E-state index is 12.4. The molecular formula is C19H19N3O2. The lowest BCUT2D eigenvalue weighted by atomic mass is 9.98. The second-order valence-electron chi connectivity index (χ2n) is 6.60. The lowest BCUT2D eigenvalue weighted by Crippen LogP contribution is -2.41. The Kier molecular flexibility index (Phi) is 3.37. The molecule has 4 rings (SSSR count). The number of amides is 2. The zero-order chi connectivity index (χ0) is 16.8. The van der Waals surface area contributed by atoms with Crippen molar-refractivity contribution >= 4 is 33.8 Å². The van der Waals surface area contributed by atoms with E-state index in [2.05, 4.69) is 30.2 Å². The molecule has 2 aromatic heterocycles. The quantitative estimate of drug-likeness (QED) is 0.737. The number of carbonyl (C=O) groups excluding carboxylic acids is 2. The first-order chi connectivity index (χ1) is 11.6. The summed E-state index contributed by atoms with van der Waals surface area (Å²) in [5, 5.41) is 3.57. The third-order valence-electron chi connectivity index (χ3n) is 4.76. The summed E-state index contributed by atoms with van der Waals surface area (Å²) in [6.45, 7) is 4.32. The largest absolute Gasteiger partial charge is 0.326 e. The topological polar surface area (TPSA) is 64.0 Å². The summed E-state index contributed by atoms with van der Waals surface area (Å²) in [6.07, 6.45) is 2.67. The van der Waals surface area contributed by atoms with Crippen molar-refractivity contribution in [3.05, 3.63) is 42.1 Å². The number of benzene rings is 1. The maximum Gasteiger partial charge on any atom is 0.249 e. The average molecular weight is 321 g/mol. The van der Waals surface area contributed by atoms with Gasteiger partial charge in [0.15, 0.2) is 0 Å². The molecule has 1 aliphatic heterocycles. The van der Waals surface area contributed by atoms with Crippen LogP contribution < -0.4 is 5.32 Å². The van der Waals surface area contributed by atoms with Crippen LogP contribution in [-0.4, -0.2) is 21.4 Å². The maximum atomic E-state index is 12.4. The number of hydrogen-bond donors (Lipinski definition) is 1. The Balaban J connectivity index is 2.06. The summed E-state index contributed by atoms with van der Waals surface area (Å²) >= 11 is 0. The summed E-state index contributed by atoms with van der Waals surface area (Å²) in [6, 6.07) is 9.69. The number of nitrogens with one attached hydrogen (secondary N) is 1. The highest BCUT2D eigenvalue weighted by Crippen LogP contribution is 2.37. The molecule has 0 spiro atoms. The van der Waals surface area contributed by atoms with E-state index >= 15 is 0 Å². The summed E-state index contributed by atoms with van der Waals surface area (Å²) in [4.78, 5) is 28.5. The van der Waals surface area contributed by atoms with Crippen LogP contribution in [0.5, 0.6) is 0 Å². The van der Waals surface area contributed by atoms with E-state index in [9.17, 15) is 9.59 Å². The standard InChI is InChI=1S/C19H19N3O2/c1-11(2)12-5-3-6-13-17(12)18-14(7-4-10-20-18)22(13)15-8-9-16(23)21-19(15)24/h3-7,10-11,15H,8-9H2,1-2H3,(H,21,23,24). The van der Waals surface area contributed by atoms with Crippen molar-refractivity contribution < 1.29 is 9.59 Å². The van der Waals surface area contributed by atoms with Crippen LogP contribution in [0.1, 0.15) is 44.2 Å². The average Bonchev–Trinajstić information content (AvgIpc) is 2.89. The van der Waals surface area contributed by atoms with Gasteiger partial charge in [0.25, 0.3) is 0 Å². The van der Waals surface area contributed by atoms with Gasteiger partial charge in [0, 0.05) is 18.0 Å². The summed E-state index contributed by atoms with van der Waals surface area (Å²) in [5.41, 5.74) is 4.09. The molecule has 3 aromatic rings. The highest BCUT2D eigenvalue weighted by molar-refractivity contribution is 6.09. The fraction of sp³-hybridized carbons (Fsp3) is 0.316. The molecule has 0 bridgehead atoms. The van der Waals surface area contributed by atoms with Gasteiger partial charge in [0.2, 0.25) is 11.8 Å². The van der Waals surface area contributed by atoms with E-state index in [1.54, 1.807) is 6.20 Å². The van der Waals surface area contributed by atoms with Gasteiger partial charge in [-0.25, -0.2) is 0 Å². The highest BCUT2D eigenvalue weighted by atomic mass is 16.2.